The molecule has 128 valence electrons. The summed E-state index contributed by atoms with van der Waals surface area (Å²) in [7, 11) is 0. The van der Waals surface area contributed by atoms with E-state index in [1.807, 2.05) is 6.07 Å². The third kappa shape index (κ3) is 3.02. The van der Waals surface area contributed by atoms with E-state index < -0.39 is 0 Å². The normalized spacial score (nSPS) is 12.8. The Morgan fingerprint density at radius 1 is 1.08 bits per heavy atom. The lowest BCUT2D eigenvalue weighted by Crippen LogP contribution is -2.25. The molecule has 4 rings (SSSR count). The molecule has 0 saturated carbocycles. The fourth-order valence-corrected chi connectivity index (χ4v) is 2.80. The second-order valence-electron chi connectivity index (χ2n) is 5.87. The van der Waals surface area contributed by atoms with Crippen LogP contribution in [0.25, 0.3) is 0 Å². The van der Waals surface area contributed by atoms with E-state index >= 15 is 0 Å². The highest BCUT2D eigenvalue weighted by Crippen LogP contribution is 2.26. The minimum absolute atomic E-state index is 0.0764. The van der Waals surface area contributed by atoms with Gasteiger partial charge in [0.2, 0.25) is 0 Å². The fourth-order valence-electron chi connectivity index (χ4n) is 2.80. The zero-order valence-electron chi connectivity index (χ0n) is 13.8. The summed E-state index contributed by atoms with van der Waals surface area (Å²) >= 11 is 0. The Hall–Kier alpha value is -3.61. The van der Waals surface area contributed by atoms with Crippen molar-refractivity contribution in [2.24, 2.45) is 0 Å². The van der Waals surface area contributed by atoms with Gasteiger partial charge in [0.15, 0.2) is 0 Å². The molecule has 3 aromatic rings. The molecule has 0 atom stereocenters. The third-order valence-corrected chi connectivity index (χ3v) is 4.17. The van der Waals surface area contributed by atoms with Gasteiger partial charge in [0.1, 0.15) is 5.82 Å². The van der Waals surface area contributed by atoms with Crippen LogP contribution in [0, 0.1) is 0 Å². The SMILES string of the molecule is O=C(NCc1ccc(N2Cc3cnccc3C2=O)nc1)c1cccnc1. The molecule has 2 amide bonds. The molecule has 0 unspecified atom stereocenters. The van der Waals surface area contributed by atoms with Crippen LogP contribution >= 0.6 is 0 Å². The van der Waals surface area contributed by atoms with Gasteiger partial charge in [0.25, 0.3) is 11.8 Å². The van der Waals surface area contributed by atoms with Gasteiger partial charge in [-0.15, -0.1) is 0 Å². The summed E-state index contributed by atoms with van der Waals surface area (Å²) in [5.74, 6) is 0.306. The summed E-state index contributed by atoms with van der Waals surface area (Å²) in [6.45, 7) is 0.811. The lowest BCUT2D eigenvalue weighted by Gasteiger charge is -2.14. The largest absolute Gasteiger partial charge is 0.348 e. The number of carbonyl (C=O) groups is 2. The number of nitrogens with one attached hydrogen (secondary N) is 1. The van der Waals surface area contributed by atoms with Crippen molar-refractivity contribution in [3.63, 3.8) is 0 Å². The van der Waals surface area contributed by atoms with Gasteiger partial charge in [-0.3, -0.25) is 24.5 Å². The maximum absolute atomic E-state index is 12.4. The van der Waals surface area contributed by atoms with Crippen molar-refractivity contribution in [2.45, 2.75) is 13.1 Å². The summed E-state index contributed by atoms with van der Waals surface area (Å²) in [6, 6.07) is 8.77. The van der Waals surface area contributed by atoms with Crippen molar-refractivity contribution in [3.8, 4) is 0 Å². The molecule has 0 aliphatic carbocycles. The number of rotatable bonds is 4. The molecular formula is C19H15N5O2. The zero-order valence-corrected chi connectivity index (χ0v) is 13.8. The van der Waals surface area contributed by atoms with Gasteiger partial charge < -0.3 is 5.32 Å². The molecule has 0 aromatic carbocycles. The van der Waals surface area contributed by atoms with Crippen LogP contribution in [-0.4, -0.2) is 26.8 Å². The lowest BCUT2D eigenvalue weighted by molar-refractivity contribution is 0.0949. The molecule has 4 heterocycles. The first-order valence-corrected chi connectivity index (χ1v) is 8.10. The lowest BCUT2D eigenvalue weighted by atomic mass is 10.2. The Bertz CT molecular complexity index is 957. The molecule has 7 nitrogen and oxygen atoms in total. The van der Waals surface area contributed by atoms with Gasteiger partial charge in [-0.05, 0) is 29.8 Å². The molecule has 1 aliphatic heterocycles. The number of nitrogens with zero attached hydrogens (tertiary/aromatic N) is 4. The van der Waals surface area contributed by atoms with Gasteiger partial charge in [-0.25, -0.2) is 4.98 Å². The van der Waals surface area contributed by atoms with Crippen LogP contribution in [0.3, 0.4) is 0 Å². The van der Waals surface area contributed by atoms with Crippen molar-refractivity contribution in [1.29, 1.82) is 0 Å². The second kappa shape index (κ2) is 6.72. The molecule has 26 heavy (non-hydrogen) atoms. The molecule has 0 fully saturated rings. The van der Waals surface area contributed by atoms with Crippen LogP contribution in [0.2, 0.25) is 0 Å². The number of fused-ring (bicyclic) bond motifs is 1. The summed E-state index contributed by atoms with van der Waals surface area (Å²) in [6.07, 6.45) is 8.11. The highest BCUT2D eigenvalue weighted by atomic mass is 16.2. The van der Waals surface area contributed by atoms with Crippen molar-refractivity contribution in [1.82, 2.24) is 20.3 Å². The van der Waals surface area contributed by atoms with E-state index in [2.05, 4.69) is 20.3 Å². The molecule has 0 spiro atoms. The Labute approximate surface area is 149 Å². The second-order valence-corrected chi connectivity index (χ2v) is 5.87. The molecule has 0 bridgehead atoms. The van der Waals surface area contributed by atoms with Crippen LogP contribution < -0.4 is 10.2 Å². The van der Waals surface area contributed by atoms with Crippen LogP contribution in [0.4, 0.5) is 5.82 Å². The molecule has 1 aliphatic rings. The maximum Gasteiger partial charge on any atom is 0.260 e. The molecule has 1 N–H and O–H groups in total. The Kier molecular flexibility index (Phi) is 4.10. The summed E-state index contributed by atoms with van der Waals surface area (Å²) in [5.41, 5.74) is 2.91. The average molecular weight is 345 g/mol. The van der Waals surface area contributed by atoms with E-state index in [0.717, 1.165) is 11.1 Å². The first kappa shape index (κ1) is 15.9. The minimum atomic E-state index is -0.195. The number of anilines is 1. The third-order valence-electron chi connectivity index (χ3n) is 4.17. The number of aromatic nitrogens is 3. The van der Waals surface area contributed by atoms with E-state index in [9.17, 15) is 9.59 Å². The number of carbonyl (C=O) groups excluding carboxylic acids is 2. The van der Waals surface area contributed by atoms with Crippen LogP contribution in [0.1, 0.15) is 31.8 Å². The number of hydrogen-bond acceptors (Lipinski definition) is 5. The quantitative estimate of drug-likeness (QED) is 0.781. The minimum Gasteiger partial charge on any atom is -0.348 e. The van der Waals surface area contributed by atoms with Crippen molar-refractivity contribution in [3.05, 3.63) is 83.6 Å². The highest BCUT2D eigenvalue weighted by Gasteiger charge is 2.29. The van der Waals surface area contributed by atoms with Crippen molar-refractivity contribution >= 4 is 17.6 Å². The number of amides is 2. The van der Waals surface area contributed by atoms with Gasteiger partial charge >= 0.3 is 0 Å². The zero-order chi connectivity index (χ0) is 17.9. The summed E-state index contributed by atoms with van der Waals surface area (Å²) in [5, 5.41) is 2.82. The Balaban J connectivity index is 1.42. The molecule has 0 radical (unpaired) electrons. The van der Waals surface area contributed by atoms with Gasteiger partial charge in [0.05, 0.1) is 12.1 Å². The van der Waals surface area contributed by atoms with E-state index in [1.165, 1.54) is 6.20 Å². The Morgan fingerprint density at radius 3 is 2.69 bits per heavy atom. The predicted octanol–water partition coefficient (Wildman–Crippen LogP) is 1.96. The van der Waals surface area contributed by atoms with Gasteiger partial charge in [-0.2, -0.15) is 0 Å². The maximum atomic E-state index is 12.4. The van der Waals surface area contributed by atoms with Crippen LogP contribution in [-0.2, 0) is 13.1 Å². The summed E-state index contributed by atoms with van der Waals surface area (Å²) in [4.78, 5) is 38.4. The standard InChI is InChI=1S/C19H15N5O2/c25-18(14-2-1-6-20-10-14)23-9-13-3-4-17(22-8-13)24-12-15-11-21-7-5-16(15)19(24)26/h1-8,10-11H,9,12H2,(H,23,25). The molecule has 7 heteroatoms. The van der Waals surface area contributed by atoms with E-state index in [-0.39, 0.29) is 11.8 Å². The Morgan fingerprint density at radius 2 is 1.96 bits per heavy atom. The van der Waals surface area contributed by atoms with Crippen molar-refractivity contribution < 1.29 is 9.59 Å². The summed E-state index contributed by atoms with van der Waals surface area (Å²) < 4.78 is 0. The topological polar surface area (TPSA) is 88.1 Å². The van der Waals surface area contributed by atoms with Crippen LogP contribution in [0.5, 0.6) is 0 Å². The predicted molar refractivity (Wildman–Crippen MR) is 94.4 cm³/mol. The van der Waals surface area contributed by atoms with Gasteiger partial charge in [0, 0.05) is 48.7 Å². The van der Waals surface area contributed by atoms with Crippen LogP contribution in [0.15, 0.2) is 61.3 Å². The number of hydrogen-bond donors (Lipinski definition) is 1. The molecule has 3 aromatic heterocycles. The molecule has 0 saturated heterocycles. The number of pyridine rings is 3. The first-order chi connectivity index (χ1) is 12.7. The average Bonchev–Trinajstić information content (AvgIpc) is 3.04. The molecular weight excluding hydrogens is 330 g/mol. The first-order valence-electron chi connectivity index (χ1n) is 8.10. The monoisotopic (exact) mass is 345 g/mol. The van der Waals surface area contributed by atoms with E-state index in [4.69, 9.17) is 0 Å². The van der Waals surface area contributed by atoms with E-state index in [0.29, 0.717) is 30.0 Å². The fraction of sp³-hybridized carbons (Fsp3) is 0.105. The van der Waals surface area contributed by atoms with E-state index in [1.54, 1.807) is 54.0 Å². The van der Waals surface area contributed by atoms with Gasteiger partial charge in [-0.1, -0.05) is 6.07 Å². The highest BCUT2D eigenvalue weighted by molar-refractivity contribution is 6.09. The van der Waals surface area contributed by atoms with Crippen molar-refractivity contribution in [2.75, 3.05) is 4.90 Å². The smallest absolute Gasteiger partial charge is 0.260 e.